The first-order valence-corrected chi connectivity index (χ1v) is 6.77. The molecular weight excluding hydrogens is 283 g/mol. The van der Waals surface area contributed by atoms with Crippen LogP contribution in [0.1, 0.15) is 21.5 Å². The highest BCUT2D eigenvalue weighted by Crippen LogP contribution is 2.35. The van der Waals surface area contributed by atoms with Gasteiger partial charge in [0.1, 0.15) is 5.82 Å². The molecule has 3 nitrogen and oxygen atoms in total. The molecule has 2 N–H and O–H groups in total. The van der Waals surface area contributed by atoms with E-state index >= 15 is 0 Å². The van der Waals surface area contributed by atoms with E-state index in [9.17, 15) is 19.4 Å². The number of phenolic OH excluding ortho intramolecular Hbond substituents is 2. The van der Waals surface area contributed by atoms with E-state index in [0.29, 0.717) is 23.1 Å². The Morgan fingerprint density at radius 3 is 2.45 bits per heavy atom. The number of fused-ring (bicyclic) bond motifs is 1. The summed E-state index contributed by atoms with van der Waals surface area (Å²) in [5.74, 6) is -0.976. The van der Waals surface area contributed by atoms with Gasteiger partial charge in [-0.25, -0.2) is 4.39 Å². The molecule has 0 heterocycles. The Morgan fingerprint density at radius 1 is 1.05 bits per heavy atom. The van der Waals surface area contributed by atoms with Gasteiger partial charge in [-0.15, -0.1) is 0 Å². The summed E-state index contributed by atoms with van der Waals surface area (Å²) in [6.07, 6.45) is 5.61. The summed E-state index contributed by atoms with van der Waals surface area (Å²) < 4.78 is 12.8. The number of aromatic hydroxyl groups is 2. The van der Waals surface area contributed by atoms with Gasteiger partial charge in [0.15, 0.2) is 17.3 Å². The van der Waals surface area contributed by atoms with Crippen LogP contribution in [0.25, 0.3) is 6.08 Å². The normalized spacial score (nSPS) is 15.7. The molecule has 2 aromatic rings. The molecule has 0 fully saturated rings. The van der Waals surface area contributed by atoms with Crippen molar-refractivity contribution >= 4 is 11.9 Å². The standard InChI is InChI=1S/C18H13FO3/c19-14-6-4-11(5-7-14)2-1-3-12-8-13-9-16(20)17(21)10-15(13)18(12)22/h1-7,9-10,20-21H,8H2/b2-1+,12-3+. The maximum atomic E-state index is 12.8. The molecule has 0 aliphatic heterocycles. The molecular formula is C18H13FO3. The minimum Gasteiger partial charge on any atom is -0.504 e. The number of ketones is 1. The SMILES string of the molecule is O=C1/C(=C/C=C/c2ccc(F)cc2)Cc2cc(O)c(O)cc21. The Labute approximate surface area is 126 Å². The van der Waals surface area contributed by atoms with Crippen LogP contribution in [0, 0.1) is 5.82 Å². The highest BCUT2D eigenvalue weighted by atomic mass is 19.1. The third-order valence-electron chi connectivity index (χ3n) is 3.57. The Kier molecular flexibility index (Phi) is 3.51. The van der Waals surface area contributed by atoms with Crippen molar-refractivity contribution in [3.8, 4) is 11.5 Å². The van der Waals surface area contributed by atoms with E-state index in [1.165, 1.54) is 24.3 Å². The van der Waals surface area contributed by atoms with Gasteiger partial charge in [0.05, 0.1) is 0 Å². The molecule has 3 rings (SSSR count). The van der Waals surface area contributed by atoms with Crippen molar-refractivity contribution in [3.05, 3.63) is 76.6 Å². The fraction of sp³-hybridized carbons (Fsp3) is 0.0556. The summed E-state index contributed by atoms with van der Waals surface area (Å²) in [5, 5.41) is 18.9. The van der Waals surface area contributed by atoms with Crippen LogP contribution in [0.15, 0.2) is 54.1 Å². The molecule has 0 atom stereocenters. The molecule has 0 radical (unpaired) electrons. The lowest BCUT2D eigenvalue weighted by molar-refractivity contribution is 0.103. The number of rotatable bonds is 2. The molecule has 0 saturated heterocycles. The minimum absolute atomic E-state index is 0.158. The lowest BCUT2D eigenvalue weighted by Gasteiger charge is -2.00. The van der Waals surface area contributed by atoms with Crippen molar-refractivity contribution in [2.24, 2.45) is 0 Å². The van der Waals surface area contributed by atoms with Gasteiger partial charge in [0.25, 0.3) is 0 Å². The van der Waals surface area contributed by atoms with E-state index in [1.807, 2.05) is 0 Å². The number of allylic oxidation sites excluding steroid dienone is 3. The molecule has 2 aromatic carbocycles. The van der Waals surface area contributed by atoms with Crippen molar-refractivity contribution in [2.45, 2.75) is 6.42 Å². The van der Waals surface area contributed by atoms with E-state index in [1.54, 1.807) is 30.4 Å². The molecule has 1 aliphatic rings. The molecule has 0 amide bonds. The first-order chi connectivity index (χ1) is 10.5. The number of halogens is 1. The van der Waals surface area contributed by atoms with Crippen LogP contribution in [0.2, 0.25) is 0 Å². The number of benzene rings is 2. The van der Waals surface area contributed by atoms with Crippen LogP contribution in [0.5, 0.6) is 11.5 Å². The fourth-order valence-electron chi connectivity index (χ4n) is 2.42. The van der Waals surface area contributed by atoms with Crippen LogP contribution in [0.3, 0.4) is 0 Å². The summed E-state index contributed by atoms with van der Waals surface area (Å²) >= 11 is 0. The number of carbonyl (C=O) groups excluding carboxylic acids is 1. The Hall–Kier alpha value is -2.88. The van der Waals surface area contributed by atoms with E-state index < -0.39 is 0 Å². The van der Waals surface area contributed by atoms with Gasteiger partial charge in [-0.2, -0.15) is 0 Å². The van der Waals surface area contributed by atoms with Crippen LogP contribution in [-0.4, -0.2) is 16.0 Å². The van der Waals surface area contributed by atoms with Crippen molar-refractivity contribution in [1.29, 1.82) is 0 Å². The van der Waals surface area contributed by atoms with Crippen molar-refractivity contribution in [3.63, 3.8) is 0 Å². The molecule has 4 heteroatoms. The maximum absolute atomic E-state index is 12.8. The average molecular weight is 296 g/mol. The van der Waals surface area contributed by atoms with Crippen LogP contribution in [0.4, 0.5) is 4.39 Å². The molecule has 1 aliphatic carbocycles. The van der Waals surface area contributed by atoms with Gasteiger partial charge in [-0.05, 0) is 35.4 Å². The third kappa shape index (κ3) is 2.63. The Balaban J connectivity index is 1.82. The van der Waals surface area contributed by atoms with Gasteiger partial charge in [-0.3, -0.25) is 4.79 Å². The lowest BCUT2D eigenvalue weighted by Crippen LogP contribution is -1.94. The zero-order valence-electron chi connectivity index (χ0n) is 11.6. The summed E-state index contributed by atoms with van der Waals surface area (Å²) in [4.78, 5) is 12.2. The molecule has 0 aromatic heterocycles. The van der Waals surface area contributed by atoms with E-state index in [-0.39, 0.29) is 23.1 Å². The van der Waals surface area contributed by atoms with Gasteiger partial charge in [0, 0.05) is 17.6 Å². The second-order valence-electron chi connectivity index (χ2n) is 5.11. The van der Waals surface area contributed by atoms with Crippen molar-refractivity contribution in [1.82, 2.24) is 0 Å². The lowest BCUT2D eigenvalue weighted by atomic mass is 10.1. The zero-order chi connectivity index (χ0) is 15.7. The highest BCUT2D eigenvalue weighted by molar-refractivity contribution is 6.13. The highest BCUT2D eigenvalue weighted by Gasteiger charge is 2.25. The van der Waals surface area contributed by atoms with Gasteiger partial charge in [-0.1, -0.05) is 30.4 Å². The van der Waals surface area contributed by atoms with Gasteiger partial charge >= 0.3 is 0 Å². The fourth-order valence-corrected chi connectivity index (χ4v) is 2.42. The number of Topliss-reactive ketones (excluding diaryl/α,β-unsaturated/α-hetero) is 1. The predicted octanol–water partition coefficient (Wildman–Crippen LogP) is 3.62. The minimum atomic E-state index is -0.296. The third-order valence-corrected chi connectivity index (χ3v) is 3.57. The van der Waals surface area contributed by atoms with Gasteiger partial charge < -0.3 is 10.2 Å². The number of hydrogen-bond acceptors (Lipinski definition) is 3. The molecule has 22 heavy (non-hydrogen) atoms. The molecule has 110 valence electrons. The molecule has 0 spiro atoms. The summed E-state index contributed by atoms with van der Waals surface area (Å²) in [6, 6.07) is 8.73. The topological polar surface area (TPSA) is 57.5 Å². The zero-order valence-corrected chi connectivity index (χ0v) is 11.6. The Morgan fingerprint density at radius 2 is 1.73 bits per heavy atom. The summed E-state index contributed by atoms with van der Waals surface area (Å²) in [5.41, 5.74) is 2.52. The maximum Gasteiger partial charge on any atom is 0.189 e. The van der Waals surface area contributed by atoms with Crippen LogP contribution < -0.4 is 0 Å². The van der Waals surface area contributed by atoms with Crippen molar-refractivity contribution < 1.29 is 19.4 Å². The predicted molar refractivity (Wildman–Crippen MR) is 81.3 cm³/mol. The first kappa shape index (κ1) is 14.1. The summed E-state index contributed by atoms with van der Waals surface area (Å²) in [7, 11) is 0. The monoisotopic (exact) mass is 296 g/mol. The van der Waals surface area contributed by atoms with Gasteiger partial charge in [0.2, 0.25) is 0 Å². The quantitative estimate of drug-likeness (QED) is 0.657. The second-order valence-corrected chi connectivity index (χ2v) is 5.11. The largest absolute Gasteiger partial charge is 0.504 e. The first-order valence-electron chi connectivity index (χ1n) is 6.77. The molecule has 0 saturated carbocycles. The van der Waals surface area contributed by atoms with Crippen LogP contribution >= 0.6 is 0 Å². The average Bonchev–Trinajstić information content (AvgIpc) is 2.78. The van der Waals surface area contributed by atoms with Crippen LogP contribution in [-0.2, 0) is 6.42 Å². The second kappa shape index (κ2) is 5.48. The number of phenols is 2. The smallest absolute Gasteiger partial charge is 0.189 e. The molecule has 0 unspecified atom stereocenters. The number of carbonyl (C=O) groups is 1. The number of hydrogen-bond donors (Lipinski definition) is 2. The summed E-state index contributed by atoms with van der Waals surface area (Å²) in [6.45, 7) is 0. The van der Waals surface area contributed by atoms with Crippen molar-refractivity contribution in [2.75, 3.05) is 0 Å². The van der Waals surface area contributed by atoms with E-state index in [4.69, 9.17) is 0 Å². The van der Waals surface area contributed by atoms with E-state index in [0.717, 1.165) is 5.56 Å². The van der Waals surface area contributed by atoms with E-state index in [2.05, 4.69) is 0 Å². The molecule has 0 bridgehead atoms. The Bertz CT molecular complexity index is 802.